The normalized spacial score (nSPS) is 16.8. The zero-order chi connectivity index (χ0) is 84.7. The Labute approximate surface area is 737 Å². The van der Waals surface area contributed by atoms with Gasteiger partial charge in [-0.3, -0.25) is 24.0 Å². The summed E-state index contributed by atoms with van der Waals surface area (Å²) in [6, 6.07) is 68.6. The second-order valence-corrected chi connectivity index (χ2v) is 32.7. The first-order valence-electron chi connectivity index (χ1n) is 39.2. The first kappa shape index (κ1) is 90.3. The molecule has 4 saturated heterocycles. The Hall–Kier alpha value is -9.47. The number of aryl methyl sites for hydroxylation is 4. The van der Waals surface area contributed by atoms with Crippen molar-refractivity contribution in [3.63, 3.8) is 0 Å². The molecule has 4 aliphatic heterocycles. The van der Waals surface area contributed by atoms with E-state index in [4.69, 9.17) is 107 Å². The highest BCUT2D eigenvalue weighted by atomic mass is 35.5. The zero-order valence-electron chi connectivity index (χ0n) is 67.2. The first-order valence-corrected chi connectivity index (χ1v) is 42.3. The van der Waals surface area contributed by atoms with Gasteiger partial charge in [-0.15, -0.1) is 0 Å². The monoisotopic (exact) mass is 1760 g/mol. The summed E-state index contributed by atoms with van der Waals surface area (Å²) in [5.74, 6) is 0.177. The Morgan fingerprint density at radius 2 is 0.723 bits per heavy atom. The van der Waals surface area contributed by atoms with Crippen LogP contribution < -0.4 is 19.6 Å². The van der Waals surface area contributed by atoms with E-state index in [0.717, 1.165) is 77.8 Å². The zero-order valence-corrected chi connectivity index (χ0v) is 73.2. The summed E-state index contributed by atoms with van der Waals surface area (Å²) in [5, 5.41) is 5.57. The van der Waals surface area contributed by atoms with Crippen LogP contribution in [0.3, 0.4) is 0 Å². The van der Waals surface area contributed by atoms with E-state index in [1.807, 2.05) is 224 Å². The van der Waals surface area contributed by atoms with Crippen LogP contribution in [0.5, 0.6) is 0 Å². The molecule has 14 rings (SSSR count). The Balaban J connectivity index is 0.000000155. The van der Waals surface area contributed by atoms with Crippen molar-refractivity contribution in [2.24, 2.45) is 0 Å². The number of hydrogen-bond donors (Lipinski definition) is 0. The fourth-order valence-corrected chi connectivity index (χ4v) is 16.6. The number of anilines is 4. The number of rotatable bonds is 20. The van der Waals surface area contributed by atoms with Crippen molar-refractivity contribution in [3.8, 4) is 0 Å². The van der Waals surface area contributed by atoms with Crippen LogP contribution >= 0.6 is 92.8 Å². The summed E-state index contributed by atoms with van der Waals surface area (Å²) in [6.07, 6.45) is 8.60. The van der Waals surface area contributed by atoms with Gasteiger partial charge in [0.25, 0.3) is 0 Å². The third-order valence-electron chi connectivity index (χ3n) is 21.1. The van der Waals surface area contributed by atoms with Gasteiger partial charge in [0.05, 0.1) is 100 Å². The molecule has 4 amide bonds. The molecule has 0 aliphatic carbocycles. The quantitative estimate of drug-likeness (QED) is 0.0405. The summed E-state index contributed by atoms with van der Waals surface area (Å²) in [4.78, 5) is 78.9. The van der Waals surface area contributed by atoms with E-state index in [9.17, 15) is 24.0 Å². The highest BCUT2D eigenvalue weighted by molar-refractivity contribution is 6.35. The second kappa shape index (κ2) is 44.2. The average molecular weight is 1770 g/mol. The Kier molecular flexibility index (Phi) is 33.5. The maximum Gasteiger partial charge on any atom is 0.306 e. The van der Waals surface area contributed by atoms with Crippen LogP contribution in [0.25, 0.3) is 12.2 Å². The van der Waals surface area contributed by atoms with Gasteiger partial charge in [0.15, 0.2) is 0 Å². The molecule has 0 spiro atoms. The molecule has 17 nitrogen and oxygen atoms in total. The Morgan fingerprint density at radius 3 is 1.06 bits per heavy atom. The van der Waals surface area contributed by atoms with E-state index in [0.29, 0.717) is 133 Å². The van der Waals surface area contributed by atoms with Gasteiger partial charge in [-0.05, 0) is 199 Å². The number of esters is 1. The molecule has 1 aromatic heterocycles. The van der Waals surface area contributed by atoms with E-state index in [1.165, 1.54) is 7.11 Å². The average Bonchev–Trinajstić information content (AvgIpc) is 0.861. The summed E-state index contributed by atoms with van der Waals surface area (Å²) >= 11 is 50.7. The minimum Gasteiger partial charge on any atom is -0.469 e. The molecule has 10 aromatic rings. The van der Waals surface area contributed by atoms with Gasteiger partial charge >= 0.3 is 5.97 Å². The van der Waals surface area contributed by atoms with Crippen LogP contribution in [0.4, 0.5) is 22.7 Å². The summed E-state index contributed by atoms with van der Waals surface area (Å²) in [5.41, 5.74) is 13.7. The number of ether oxygens (including phenoxy) is 3. The SMILES string of the molecule is COC(=O)CCC(=O)N1CCN(c2ccc(C)cc2Cl)C(c2ccc(Cl)cc2)C1.COCCOCC(=O)N1CCN(c2ccc(C)cc2Cl)C(c2ccc(Cl)cc2)C1.Cc1ccc(N2CCN(C(=O)/C=C/c3ccccc3)CC2c2ccc(Cl)cc2)c(Cl)c1.Cc1ccc(N2CCN(C(=O)/C=C/c3ccco3)CC2c2ccc(Cl)cc2)c(Cl)c1. The van der Waals surface area contributed by atoms with Crippen LogP contribution in [-0.4, -0.2) is 162 Å². The summed E-state index contributed by atoms with van der Waals surface area (Å²) in [7, 11) is 2.94. The van der Waals surface area contributed by atoms with Gasteiger partial charge in [0.2, 0.25) is 23.6 Å². The van der Waals surface area contributed by atoms with Crippen LogP contribution in [0.2, 0.25) is 40.2 Å². The molecule has 0 bridgehead atoms. The molecule has 119 heavy (non-hydrogen) atoms. The van der Waals surface area contributed by atoms with Crippen molar-refractivity contribution < 1.29 is 42.6 Å². The predicted octanol–water partition coefficient (Wildman–Crippen LogP) is 21.4. The molecule has 4 fully saturated rings. The fourth-order valence-electron chi connectivity index (χ4n) is 14.7. The van der Waals surface area contributed by atoms with E-state index >= 15 is 0 Å². The molecule has 25 heteroatoms. The van der Waals surface area contributed by atoms with Crippen LogP contribution in [0.1, 0.15) is 92.8 Å². The molecule has 0 saturated carbocycles. The van der Waals surface area contributed by atoms with Gasteiger partial charge in [-0.1, -0.05) is 196 Å². The van der Waals surface area contributed by atoms with E-state index < -0.39 is 0 Å². The number of halogens is 8. The molecular weight excluding hydrogens is 1670 g/mol. The lowest BCUT2D eigenvalue weighted by atomic mass is 10.0. The molecule has 9 aromatic carbocycles. The van der Waals surface area contributed by atoms with Gasteiger partial charge in [-0.25, -0.2) is 0 Å². The smallest absolute Gasteiger partial charge is 0.306 e. The molecule has 0 N–H and O–H groups in total. The third kappa shape index (κ3) is 25.3. The maximum atomic E-state index is 12.9. The van der Waals surface area contributed by atoms with Gasteiger partial charge in [0, 0.05) is 124 Å². The standard InChI is InChI=1S/C26H24Cl2N2O.C24H22Cl2N2O2.C22H26Cl2N2O3.C22H24Cl2N2O3/c1-19-7-13-24(23(28)17-19)30-16-15-29(18-25(30)21-9-11-22(27)12-10-21)26(31)14-8-20-5-3-2-4-6-20;1-17-4-10-22(21(26)15-17)28-13-12-27(24(29)11-9-20-3-2-14-30-20)16-23(28)18-5-7-19(25)8-6-18;1-16-3-8-20(19(24)13-16)26-10-9-25(22(27)15-29-12-11-28-2)14-21(26)17-4-6-18(23)7-5-17;1-15-3-8-19(18(24)13-15)26-12-11-25(21(27)9-10-22(28)29-2)14-20(26)16-4-6-17(23)7-5-16/h2-14,17,25H,15-16,18H2,1H3;2-11,14-15,23H,12-13,16H2,1H3;3-8,13,21H,9-12,14-15H2,1-2H3;3-8,13,20H,9-12,14H2,1-2H3/b14-8+;11-9+;;. The largest absolute Gasteiger partial charge is 0.469 e. The number of methoxy groups -OCH3 is 2. The summed E-state index contributed by atoms with van der Waals surface area (Å²) < 4.78 is 20.3. The number of carbonyl (C=O) groups is 5. The minimum atomic E-state index is -0.377. The molecular formula is C94H96Cl8N8O9. The van der Waals surface area contributed by atoms with E-state index in [1.54, 1.807) is 42.6 Å². The van der Waals surface area contributed by atoms with Gasteiger partial charge in [-0.2, -0.15) is 0 Å². The number of carbonyl (C=O) groups excluding carboxylic acids is 5. The van der Waals surface area contributed by atoms with Crippen LogP contribution in [-0.2, 0) is 38.2 Å². The highest BCUT2D eigenvalue weighted by Gasteiger charge is 2.37. The molecule has 4 aliphatic rings. The Morgan fingerprint density at radius 1 is 0.378 bits per heavy atom. The van der Waals surface area contributed by atoms with Crippen molar-refractivity contribution in [1.29, 1.82) is 0 Å². The number of hydrogen-bond acceptors (Lipinski definition) is 13. The van der Waals surface area contributed by atoms with Crippen molar-refractivity contribution in [2.45, 2.75) is 64.7 Å². The Bertz CT molecular complexity index is 5110. The molecule has 0 radical (unpaired) electrons. The predicted molar refractivity (Wildman–Crippen MR) is 484 cm³/mol. The number of nitrogens with zero attached hydrogens (tertiary/aromatic N) is 8. The van der Waals surface area contributed by atoms with Gasteiger partial charge in [0.1, 0.15) is 12.4 Å². The molecule has 622 valence electrons. The van der Waals surface area contributed by atoms with Crippen LogP contribution in [0, 0.1) is 27.7 Å². The topological polar surface area (TPSA) is 152 Å². The minimum absolute atomic E-state index is 0.0115. The lowest BCUT2D eigenvalue weighted by Crippen LogP contribution is -2.51. The van der Waals surface area contributed by atoms with Crippen LogP contribution in [0.15, 0.2) is 235 Å². The van der Waals surface area contributed by atoms with Crippen molar-refractivity contribution in [2.75, 3.05) is 132 Å². The molecule has 4 atom stereocenters. The van der Waals surface area contributed by atoms with Crippen molar-refractivity contribution in [3.05, 3.63) is 327 Å². The lowest BCUT2D eigenvalue weighted by Gasteiger charge is -2.43. The van der Waals surface area contributed by atoms with E-state index in [-0.39, 0.29) is 73.2 Å². The number of benzene rings is 9. The summed E-state index contributed by atoms with van der Waals surface area (Å²) in [6.45, 7) is 16.3. The first-order chi connectivity index (χ1) is 57.4. The number of amides is 4. The highest BCUT2D eigenvalue weighted by Crippen LogP contribution is 2.42. The maximum absolute atomic E-state index is 12.9. The number of piperazine rings is 4. The molecule has 5 heterocycles. The number of furan rings is 1. The van der Waals surface area contributed by atoms with Crippen molar-refractivity contribution >= 4 is 157 Å². The lowest BCUT2D eigenvalue weighted by molar-refractivity contribution is -0.143. The fraction of sp³-hybridized carbons (Fsp3) is 0.287. The second-order valence-electron chi connectivity index (χ2n) is 29.3. The third-order valence-corrected chi connectivity index (χ3v) is 23.3. The molecule has 4 unspecified atom stereocenters. The van der Waals surface area contributed by atoms with Gasteiger partial charge < -0.3 is 57.8 Å². The van der Waals surface area contributed by atoms with Crippen molar-refractivity contribution in [1.82, 2.24) is 19.6 Å². The van der Waals surface area contributed by atoms with E-state index in [2.05, 4.69) is 54.7 Å².